The van der Waals surface area contributed by atoms with E-state index in [4.69, 9.17) is 9.47 Å². The van der Waals surface area contributed by atoms with E-state index in [2.05, 4.69) is 20.5 Å². The molecule has 0 saturated carbocycles. The van der Waals surface area contributed by atoms with Crippen molar-refractivity contribution >= 4 is 46.4 Å². The standard InChI is InChI=1S/C42H44F5N7O6S/c1-26-22-27(2)53-33(26)24-30-14-13-29(54(30)61(53,46)47)15-17-38(55)48-19-8-5-9-20-52-39-32(50-40(56)31-10-6-7-11-35(31)60-42(43,44)45)18-21-51(34(39)25-49-52)41(57)28-12-16-36(58-3)37(23-28)59-4/h6-7,10-14,16,22-25,32H,5,8-9,15,17-21H2,1-4H3,(H-,48,50,55,56)/p+1/t32-/m0/s1. The van der Waals surface area contributed by atoms with Crippen molar-refractivity contribution in [2.24, 2.45) is 0 Å². The molecule has 0 aliphatic carbocycles. The van der Waals surface area contributed by atoms with E-state index in [9.17, 15) is 27.6 Å². The van der Waals surface area contributed by atoms with Crippen molar-refractivity contribution in [2.75, 3.05) is 32.2 Å². The highest BCUT2D eigenvalue weighted by Crippen LogP contribution is 2.61. The van der Waals surface area contributed by atoms with Gasteiger partial charge in [-0.2, -0.15) is 5.10 Å². The largest absolute Gasteiger partial charge is 0.573 e. The fraction of sp³-hybridized carbons (Fsp3) is 0.357. The fourth-order valence-electron chi connectivity index (χ4n) is 7.87. The number of alkyl halides is 3. The van der Waals surface area contributed by atoms with Crippen molar-refractivity contribution in [3.63, 3.8) is 0 Å². The van der Waals surface area contributed by atoms with Crippen LogP contribution in [0.3, 0.4) is 0 Å². The number of ether oxygens (including phenoxy) is 3. The number of amides is 3. The van der Waals surface area contributed by atoms with Crippen LogP contribution in [0.25, 0.3) is 6.08 Å². The van der Waals surface area contributed by atoms with Crippen LogP contribution in [0.4, 0.5) is 26.6 Å². The average molecular weight is 871 g/mol. The number of hydrogen-bond acceptors (Lipinski definition) is 7. The van der Waals surface area contributed by atoms with Gasteiger partial charge in [0.25, 0.3) is 11.8 Å². The van der Waals surface area contributed by atoms with Gasteiger partial charge in [0.2, 0.25) is 17.3 Å². The van der Waals surface area contributed by atoms with Crippen LogP contribution in [-0.4, -0.2) is 74.8 Å². The molecule has 2 N–H and O–H groups in total. The number of halogens is 5. The quantitative estimate of drug-likeness (QED) is 0.0701. The van der Waals surface area contributed by atoms with Gasteiger partial charge in [0.05, 0.1) is 49.1 Å². The zero-order valence-corrected chi connectivity index (χ0v) is 34.7. The minimum Gasteiger partial charge on any atom is -0.493 e. The molecule has 3 aliphatic rings. The van der Waals surface area contributed by atoms with Crippen molar-refractivity contribution < 1.29 is 53.5 Å². The van der Waals surface area contributed by atoms with Gasteiger partial charge in [-0.25, -0.2) is 3.97 Å². The molecule has 3 aliphatic heterocycles. The van der Waals surface area contributed by atoms with E-state index in [-0.39, 0.29) is 43.2 Å². The normalized spacial score (nSPS) is 16.9. The molecule has 0 radical (unpaired) electrons. The molecule has 0 unspecified atom stereocenters. The summed E-state index contributed by atoms with van der Waals surface area (Å²) in [5.41, 5.74) is 3.46. The number of benzene rings is 2. The summed E-state index contributed by atoms with van der Waals surface area (Å²) < 4.78 is 89.8. The van der Waals surface area contributed by atoms with Crippen LogP contribution in [-0.2, 0) is 11.3 Å². The Labute approximate surface area is 350 Å². The molecule has 324 valence electrons. The van der Waals surface area contributed by atoms with Crippen LogP contribution in [0.1, 0.15) is 87.9 Å². The number of aromatic nitrogens is 3. The van der Waals surface area contributed by atoms with E-state index >= 15 is 7.77 Å². The van der Waals surface area contributed by atoms with Crippen LogP contribution >= 0.6 is 11.2 Å². The van der Waals surface area contributed by atoms with Crippen molar-refractivity contribution in [3.8, 4) is 17.2 Å². The summed E-state index contributed by atoms with van der Waals surface area (Å²) in [6.45, 7) is 4.34. The molecule has 2 aromatic heterocycles. The average Bonchev–Trinajstić information content (AvgIpc) is 3.93. The second-order valence-electron chi connectivity index (χ2n) is 14.7. The van der Waals surface area contributed by atoms with E-state index in [1.54, 1.807) is 54.1 Å². The number of unbranched alkanes of at least 4 members (excludes halogenated alkanes) is 2. The van der Waals surface area contributed by atoms with Crippen molar-refractivity contribution in [1.82, 2.24) is 24.4 Å². The molecule has 5 heterocycles. The lowest BCUT2D eigenvalue weighted by atomic mass is 10.0. The van der Waals surface area contributed by atoms with Gasteiger partial charge >= 0.3 is 17.5 Å². The lowest BCUT2D eigenvalue weighted by Gasteiger charge is -2.33. The molecule has 2 aromatic carbocycles. The Morgan fingerprint density at radius 1 is 0.967 bits per heavy atom. The van der Waals surface area contributed by atoms with Gasteiger partial charge in [0.15, 0.2) is 11.5 Å². The van der Waals surface area contributed by atoms with Gasteiger partial charge in [0.1, 0.15) is 5.75 Å². The second-order valence-corrected chi connectivity index (χ2v) is 16.2. The first-order valence-electron chi connectivity index (χ1n) is 19.6. The summed E-state index contributed by atoms with van der Waals surface area (Å²) in [5, 5.41) is 10.3. The molecule has 13 nitrogen and oxygen atoms in total. The summed E-state index contributed by atoms with van der Waals surface area (Å²) in [5.74, 6) is -1.29. The van der Waals surface area contributed by atoms with Crippen molar-refractivity contribution in [1.29, 1.82) is 0 Å². The minimum atomic E-state index is -5.02. The number of allylic oxidation sites excluding steroid dienone is 2. The van der Waals surface area contributed by atoms with Crippen LogP contribution in [0.5, 0.6) is 17.2 Å². The smallest absolute Gasteiger partial charge is 0.493 e. The Kier molecular flexibility index (Phi) is 12.3. The van der Waals surface area contributed by atoms with E-state index < -0.39 is 35.2 Å². The number of fused-ring (bicyclic) bond motifs is 3. The lowest BCUT2D eigenvalue weighted by molar-refractivity contribution is -0.302. The second kappa shape index (κ2) is 17.5. The Hall–Kier alpha value is -6.11. The predicted molar refractivity (Wildman–Crippen MR) is 219 cm³/mol. The van der Waals surface area contributed by atoms with Gasteiger partial charge in [-0.15, -0.1) is 13.2 Å². The molecule has 1 atom stereocenters. The number of nitrogens with one attached hydrogen (secondary N) is 2. The first-order chi connectivity index (χ1) is 29.1. The van der Waals surface area contributed by atoms with Gasteiger partial charge in [-0.3, -0.25) is 19.1 Å². The summed E-state index contributed by atoms with van der Waals surface area (Å²) in [6.07, 6.45) is 3.79. The Morgan fingerprint density at radius 3 is 2.49 bits per heavy atom. The maximum absolute atomic E-state index is 15.8. The van der Waals surface area contributed by atoms with E-state index in [1.807, 2.05) is 6.92 Å². The zero-order chi connectivity index (χ0) is 43.6. The molecule has 7 rings (SSSR count). The molecule has 0 spiro atoms. The van der Waals surface area contributed by atoms with Crippen LogP contribution in [0.15, 0.2) is 72.6 Å². The van der Waals surface area contributed by atoms with Crippen molar-refractivity contribution in [2.45, 2.75) is 71.3 Å². The lowest BCUT2D eigenvalue weighted by Crippen LogP contribution is -2.41. The van der Waals surface area contributed by atoms with Crippen LogP contribution < -0.4 is 29.7 Å². The van der Waals surface area contributed by atoms with Gasteiger partial charge in [-0.1, -0.05) is 23.9 Å². The summed E-state index contributed by atoms with van der Waals surface area (Å²) in [6, 6.07) is 10.8. The maximum atomic E-state index is 15.8. The number of anilines is 1. The van der Waals surface area contributed by atoms with E-state index in [0.717, 1.165) is 19.6 Å². The number of nitrogens with zero attached hydrogens (tertiary/aromatic N) is 5. The molecular weight excluding hydrogens is 826 g/mol. The Bertz CT molecular complexity index is 2460. The third-order valence-electron chi connectivity index (χ3n) is 10.7. The SMILES string of the molecule is COc1ccc(C(=O)N2CC[C@H](NC(=O)c3ccccc3OC(F)(F)F)c3c2cnn3CCCCCNC(=O)CCC2=[N+]3C(=Cc4c(C)cc(C)n4S3(F)F)C=C2)cc1OC. The molecule has 0 saturated heterocycles. The number of carbonyl (C=O) groups is 3. The van der Waals surface area contributed by atoms with E-state index in [1.165, 1.54) is 43.5 Å². The highest BCUT2D eigenvalue weighted by Gasteiger charge is 2.50. The number of para-hydroxylation sites is 1. The van der Waals surface area contributed by atoms with E-state index in [0.29, 0.717) is 83.6 Å². The van der Waals surface area contributed by atoms with Gasteiger partial charge in [0, 0.05) is 62.0 Å². The molecule has 0 bridgehead atoms. The first kappa shape index (κ1) is 43.0. The number of hydrogen-bond donors (Lipinski definition) is 2. The molecule has 61 heavy (non-hydrogen) atoms. The van der Waals surface area contributed by atoms with Crippen LogP contribution in [0, 0.1) is 13.8 Å². The summed E-state index contributed by atoms with van der Waals surface area (Å²) in [4.78, 5) is 41.8. The Balaban J connectivity index is 0.991. The third-order valence-corrected chi connectivity index (χ3v) is 12.5. The summed E-state index contributed by atoms with van der Waals surface area (Å²) in [7, 11) is 2.93. The first-order valence-corrected chi connectivity index (χ1v) is 21.0. The zero-order valence-electron chi connectivity index (χ0n) is 33.9. The number of rotatable bonds is 15. The molecular formula is C42H45F5N7O6S+. The number of aryl methyl sites for hydroxylation is 3. The highest BCUT2D eigenvalue weighted by molar-refractivity contribution is 8.18. The monoisotopic (exact) mass is 870 g/mol. The molecule has 3 amide bonds. The molecule has 4 aromatic rings. The van der Waals surface area contributed by atoms with Gasteiger partial charge < -0.3 is 29.7 Å². The minimum absolute atomic E-state index is 0.0351. The predicted octanol–water partition coefficient (Wildman–Crippen LogP) is 8.14. The fourth-order valence-corrected chi connectivity index (χ4v) is 9.67. The topological polar surface area (TPSA) is 132 Å². The van der Waals surface area contributed by atoms with Crippen LogP contribution in [0.2, 0.25) is 0 Å². The number of methoxy groups -OCH3 is 2. The summed E-state index contributed by atoms with van der Waals surface area (Å²) >= 11 is -4.38. The maximum Gasteiger partial charge on any atom is 0.573 e. The molecule has 19 heteroatoms. The number of carbonyl (C=O) groups excluding carboxylic acids is 3. The third kappa shape index (κ3) is 8.87. The Morgan fingerprint density at radius 2 is 1.74 bits per heavy atom. The van der Waals surface area contributed by atoms with Crippen molar-refractivity contribution in [3.05, 3.63) is 106 Å². The molecule has 0 fully saturated rings. The highest BCUT2D eigenvalue weighted by atomic mass is 32.3. The van der Waals surface area contributed by atoms with Gasteiger partial charge in [-0.05, 0) is 81.5 Å².